The van der Waals surface area contributed by atoms with E-state index in [0.717, 1.165) is 33.7 Å². The predicted octanol–water partition coefficient (Wildman–Crippen LogP) is 3.57. The first-order chi connectivity index (χ1) is 10.5. The molecule has 23 heavy (non-hydrogen) atoms. The van der Waals surface area contributed by atoms with Crippen LogP contribution >= 0.6 is 28.3 Å². The standard InChI is InChI=1S/C17H22BrN3O.ClH/c1-12-11-16(17(22)20(4)10-9-19-3)13(2)21(12)15-7-5-14(18)6-8-15;/h5-8,11,19H,9-10H2,1-4H3;1H. The normalized spacial score (nSPS) is 10.3. The lowest BCUT2D eigenvalue weighted by Gasteiger charge is -2.17. The molecule has 4 nitrogen and oxygen atoms in total. The smallest absolute Gasteiger partial charge is 0.255 e. The molecule has 0 atom stereocenters. The van der Waals surface area contributed by atoms with Crippen LogP contribution in [0.2, 0.25) is 0 Å². The number of hydrogen-bond acceptors (Lipinski definition) is 2. The van der Waals surface area contributed by atoms with Crippen LogP contribution in [0.5, 0.6) is 0 Å². The highest BCUT2D eigenvalue weighted by molar-refractivity contribution is 9.10. The van der Waals surface area contributed by atoms with Gasteiger partial charge < -0.3 is 14.8 Å². The SMILES string of the molecule is CNCCN(C)C(=O)c1cc(C)n(-c2ccc(Br)cc2)c1C.Cl. The van der Waals surface area contributed by atoms with E-state index in [4.69, 9.17) is 0 Å². The Kier molecular flexibility index (Phi) is 7.32. The van der Waals surface area contributed by atoms with Gasteiger partial charge in [0.15, 0.2) is 0 Å². The highest BCUT2D eigenvalue weighted by Crippen LogP contribution is 2.23. The first-order valence-corrected chi connectivity index (χ1v) is 8.10. The maximum Gasteiger partial charge on any atom is 0.255 e. The number of rotatable bonds is 5. The lowest BCUT2D eigenvalue weighted by Crippen LogP contribution is -2.33. The first-order valence-electron chi connectivity index (χ1n) is 7.30. The minimum atomic E-state index is 0. The number of hydrogen-bond donors (Lipinski definition) is 1. The maximum absolute atomic E-state index is 12.6. The number of benzene rings is 1. The molecule has 0 aliphatic carbocycles. The Bertz CT molecular complexity index is 667. The molecule has 0 fully saturated rings. The molecule has 1 N–H and O–H groups in total. The van der Waals surface area contributed by atoms with E-state index in [9.17, 15) is 4.79 Å². The third-order valence-corrected chi connectivity index (χ3v) is 4.32. The molecular weight excluding hydrogens is 378 g/mol. The number of aryl methyl sites for hydroxylation is 1. The predicted molar refractivity (Wildman–Crippen MR) is 101 cm³/mol. The molecule has 2 rings (SSSR count). The van der Waals surface area contributed by atoms with E-state index in [1.165, 1.54) is 0 Å². The molecule has 0 aliphatic rings. The summed E-state index contributed by atoms with van der Waals surface area (Å²) < 4.78 is 3.16. The molecule has 0 radical (unpaired) electrons. The summed E-state index contributed by atoms with van der Waals surface area (Å²) in [6.45, 7) is 5.50. The van der Waals surface area contributed by atoms with Gasteiger partial charge in [0, 0.05) is 41.7 Å². The fourth-order valence-corrected chi connectivity index (χ4v) is 2.82. The van der Waals surface area contributed by atoms with Crippen molar-refractivity contribution in [3.8, 4) is 5.69 Å². The van der Waals surface area contributed by atoms with E-state index in [-0.39, 0.29) is 18.3 Å². The molecule has 0 spiro atoms. The maximum atomic E-state index is 12.6. The largest absolute Gasteiger partial charge is 0.340 e. The van der Waals surface area contributed by atoms with E-state index < -0.39 is 0 Å². The second kappa shape index (κ2) is 8.52. The molecule has 0 unspecified atom stereocenters. The Balaban J connectivity index is 0.00000264. The Labute approximate surface area is 152 Å². The molecular formula is C17H23BrClN3O. The number of halogens is 2. The fraction of sp³-hybridized carbons (Fsp3) is 0.353. The quantitative estimate of drug-likeness (QED) is 0.833. The second-order valence-electron chi connectivity index (χ2n) is 5.43. The highest BCUT2D eigenvalue weighted by Gasteiger charge is 2.19. The average molecular weight is 401 g/mol. The molecule has 1 heterocycles. The van der Waals surface area contributed by atoms with Crippen molar-refractivity contribution in [3.63, 3.8) is 0 Å². The van der Waals surface area contributed by atoms with Gasteiger partial charge in [-0.2, -0.15) is 0 Å². The van der Waals surface area contributed by atoms with Crippen molar-refractivity contribution in [2.24, 2.45) is 0 Å². The minimum absolute atomic E-state index is 0. The molecule has 2 aromatic rings. The summed E-state index contributed by atoms with van der Waals surface area (Å²) in [7, 11) is 3.73. The van der Waals surface area contributed by atoms with Crippen molar-refractivity contribution in [2.45, 2.75) is 13.8 Å². The summed E-state index contributed by atoms with van der Waals surface area (Å²) in [5, 5.41) is 3.06. The van der Waals surface area contributed by atoms with Gasteiger partial charge in [-0.1, -0.05) is 15.9 Å². The third-order valence-electron chi connectivity index (χ3n) is 3.79. The van der Waals surface area contributed by atoms with Crippen molar-refractivity contribution in [2.75, 3.05) is 27.2 Å². The van der Waals surface area contributed by atoms with Crippen LogP contribution in [0.3, 0.4) is 0 Å². The summed E-state index contributed by atoms with van der Waals surface area (Å²) in [6.07, 6.45) is 0. The molecule has 126 valence electrons. The van der Waals surface area contributed by atoms with E-state index in [1.54, 1.807) is 4.90 Å². The van der Waals surface area contributed by atoms with Crippen LogP contribution in [0, 0.1) is 13.8 Å². The van der Waals surface area contributed by atoms with Crippen LogP contribution in [0.25, 0.3) is 5.69 Å². The topological polar surface area (TPSA) is 37.3 Å². The zero-order chi connectivity index (χ0) is 16.3. The molecule has 6 heteroatoms. The van der Waals surface area contributed by atoms with Gasteiger partial charge in [-0.05, 0) is 51.2 Å². The monoisotopic (exact) mass is 399 g/mol. The molecule has 1 aromatic carbocycles. The van der Waals surface area contributed by atoms with Gasteiger partial charge in [-0.15, -0.1) is 12.4 Å². The number of nitrogens with one attached hydrogen (secondary N) is 1. The Hall–Kier alpha value is -1.30. The Morgan fingerprint density at radius 1 is 1.26 bits per heavy atom. The van der Waals surface area contributed by atoms with Gasteiger partial charge >= 0.3 is 0 Å². The lowest BCUT2D eigenvalue weighted by molar-refractivity contribution is 0.0796. The summed E-state index contributed by atoms with van der Waals surface area (Å²) in [4.78, 5) is 14.4. The van der Waals surface area contributed by atoms with Crippen molar-refractivity contribution >= 4 is 34.2 Å². The molecule has 0 bridgehead atoms. The Morgan fingerprint density at radius 3 is 2.43 bits per heavy atom. The van der Waals surface area contributed by atoms with Crippen LogP contribution < -0.4 is 5.32 Å². The minimum Gasteiger partial charge on any atom is -0.340 e. The number of aromatic nitrogens is 1. The molecule has 0 saturated carbocycles. The van der Waals surface area contributed by atoms with E-state index in [0.29, 0.717) is 6.54 Å². The van der Waals surface area contributed by atoms with Crippen molar-refractivity contribution in [1.29, 1.82) is 0 Å². The summed E-state index contributed by atoms with van der Waals surface area (Å²) in [6, 6.07) is 10.1. The zero-order valence-corrected chi connectivity index (χ0v) is 16.3. The number of carbonyl (C=O) groups excluding carboxylic acids is 1. The van der Waals surface area contributed by atoms with Gasteiger partial charge in [0.1, 0.15) is 0 Å². The van der Waals surface area contributed by atoms with E-state index in [2.05, 4.69) is 25.8 Å². The number of likely N-dealkylation sites (N-methyl/N-ethyl adjacent to an activating group) is 2. The second-order valence-corrected chi connectivity index (χ2v) is 6.34. The summed E-state index contributed by atoms with van der Waals surface area (Å²) in [5.41, 5.74) is 3.86. The molecule has 0 aliphatic heterocycles. The van der Waals surface area contributed by atoms with Gasteiger partial charge in [0.05, 0.1) is 5.56 Å². The van der Waals surface area contributed by atoms with Crippen LogP contribution in [0.4, 0.5) is 0 Å². The van der Waals surface area contributed by atoms with Gasteiger partial charge in [0.2, 0.25) is 0 Å². The summed E-state index contributed by atoms with van der Waals surface area (Å²) >= 11 is 3.45. The van der Waals surface area contributed by atoms with Gasteiger partial charge in [0.25, 0.3) is 5.91 Å². The van der Waals surface area contributed by atoms with E-state index in [1.807, 2.05) is 58.3 Å². The van der Waals surface area contributed by atoms with E-state index >= 15 is 0 Å². The first kappa shape index (κ1) is 19.7. The van der Waals surface area contributed by atoms with Crippen molar-refractivity contribution in [1.82, 2.24) is 14.8 Å². The van der Waals surface area contributed by atoms with Crippen molar-refractivity contribution in [3.05, 3.63) is 51.8 Å². The van der Waals surface area contributed by atoms with Crippen LogP contribution in [0.1, 0.15) is 21.7 Å². The average Bonchev–Trinajstić information content (AvgIpc) is 2.80. The van der Waals surface area contributed by atoms with Gasteiger partial charge in [-0.25, -0.2) is 0 Å². The number of amides is 1. The molecule has 1 amide bonds. The summed E-state index contributed by atoms with van der Waals surface area (Å²) in [5.74, 6) is 0.0618. The number of carbonyl (C=O) groups is 1. The van der Waals surface area contributed by atoms with Crippen LogP contribution in [-0.2, 0) is 0 Å². The van der Waals surface area contributed by atoms with Crippen LogP contribution in [0.15, 0.2) is 34.8 Å². The zero-order valence-electron chi connectivity index (χ0n) is 13.9. The lowest BCUT2D eigenvalue weighted by atomic mass is 10.2. The third kappa shape index (κ3) is 4.37. The molecule has 0 saturated heterocycles. The van der Waals surface area contributed by atoms with Crippen molar-refractivity contribution < 1.29 is 4.79 Å². The Morgan fingerprint density at radius 2 is 1.87 bits per heavy atom. The van der Waals surface area contributed by atoms with Crippen LogP contribution in [-0.4, -0.2) is 42.6 Å². The highest BCUT2D eigenvalue weighted by atomic mass is 79.9. The molecule has 1 aromatic heterocycles. The number of nitrogens with zero attached hydrogens (tertiary/aromatic N) is 2. The van der Waals surface area contributed by atoms with Gasteiger partial charge in [-0.3, -0.25) is 4.79 Å². The fourth-order valence-electron chi connectivity index (χ4n) is 2.55.